The maximum atomic E-state index is 3.58. The van der Waals surface area contributed by atoms with Gasteiger partial charge in [0, 0.05) is 0 Å². The number of hydrogen-bond acceptors (Lipinski definition) is 1. The molecule has 0 saturated heterocycles. The van der Waals surface area contributed by atoms with E-state index in [1.165, 1.54) is 5.56 Å². The Morgan fingerprint density at radius 1 is 1.11 bits per heavy atom. The molecule has 1 nitrogen and oxygen atoms in total. The molecule has 1 aromatic rings. The van der Waals surface area contributed by atoms with Gasteiger partial charge in [-0.2, -0.15) is 0 Å². The molecule has 1 aromatic carbocycles. The summed E-state index contributed by atoms with van der Waals surface area (Å²) >= 11 is 0. The predicted molar refractivity (Wildman–Crippen MR) is 83.2 cm³/mol. The van der Waals surface area contributed by atoms with Gasteiger partial charge < -0.3 is 0 Å². The summed E-state index contributed by atoms with van der Waals surface area (Å²) in [6.07, 6.45) is 1.00. The van der Waals surface area contributed by atoms with E-state index < -0.39 is 8.07 Å². The molecule has 0 heterocycles. The highest BCUT2D eigenvalue weighted by molar-refractivity contribution is 6.83. The van der Waals surface area contributed by atoms with Crippen molar-refractivity contribution in [2.24, 2.45) is 0 Å². The third kappa shape index (κ3) is 3.47. The second-order valence-electron chi connectivity index (χ2n) is 5.97. The van der Waals surface area contributed by atoms with Crippen LogP contribution in [0.25, 0.3) is 0 Å². The molecule has 0 spiro atoms. The van der Waals surface area contributed by atoms with Crippen LogP contribution in [0, 0.1) is 11.5 Å². The zero-order valence-electron chi connectivity index (χ0n) is 12.5. The molecular weight excluding hydrogens is 234 g/mol. The van der Waals surface area contributed by atoms with Gasteiger partial charge in [0.15, 0.2) is 0 Å². The largest absolute Gasteiger partial charge is 0.290 e. The van der Waals surface area contributed by atoms with Gasteiger partial charge in [-0.05, 0) is 26.1 Å². The van der Waals surface area contributed by atoms with Crippen LogP contribution in [0.15, 0.2) is 30.3 Å². The van der Waals surface area contributed by atoms with E-state index in [2.05, 4.69) is 87.4 Å². The van der Waals surface area contributed by atoms with Crippen molar-refractivity contribution in [3.8, 4) is 11.5 Å². The van der Waals surface area contributed by atoms with Gasteiger partial charge >= 0.3 is 0 Å². The maximum Gasteiger partial charge on any atom is 0.129 e. The van der Waals surface area contributed by atoms with Crippen LogP contribution in [0.5, 0.6) is 0 Å². The van der Waals surface area contributed by atoms with Gasteiger partial charge in [-0.1, -0.05) is 62.8 Å². The van der Waals surface area contributed by atoms with Gasteiger partial charge in [-0.25, -0.2) is 0 Å². The summed E-state index contributed by atoms with van der Waals surface area (Å²) in [7, 11) is 2.89. The van der Waals surface area contributed by atoms with E-state index in [1.807, 2.05) is 0 Å². The Balaban J connectivity index is 3.31. The van der Waals surface area contributed by atoms with Crippen LogP contribution in [0.3, 0.4) is 0 Å². The van der Waals surface area contributed by atoms with Gasteiger partial charge in [0.25, 0.3) is 0 Å². The molecule has 2 heteroatoms. The molecule has 1 rings (SSSR count). The van der Waals surface area contributed by atoms with E-state index in [-0.39, 0.29) is 5.54 Å². The Hall–Kier alpha value is -1.04. The Bertz CT molecular complexity index is 434. The summed E-state index contributed by atoms with van der Waals surface area (Å²) in [5.41, 5.74) is 4.68. The van der Waals surface area contributed by atoms with Crippen molar-refractivity contribution < 1.29 is 0 Å². The van der Waals surface area contributed by atoms with Crippen molar-refractivity contribution in [1.82, 2.24) is 4.90 Å². The molecule has 0 aliphatic heterocycles. The Kier molecular flexibility index (Phi) is 4.78. The van der Waals surface area contributed by atoms with Crippen LogP contribution in [0.4, 0.5) is 0 Å². The lowest BCUT2D eigenvalue weighted by Gasteiger charge is -2.35. The molecule has 0 N–H and O–H groups in total. The first-order chi connectivity index (χ1) is 8.32. The van der Waals surface area contributed by atoms with Gasteiger partial charge in [0.2, 0.25) is 0 Å². The van der Waals surface area contributed by atoms with Crippen LogP contribution < -0.4 is 0 Å². The molecule has 0 amide bonds. The highest BCUT2D eigenvalue weighted by atomic mass is 28.3. The van der Waals surface area contributed by atoms with Crippen LogP contribution >= 0.6 is 0 Å². The number of hydrogen-bond donors (Lipinski definition) is 0. The Morgan fingerprint density at radius 2 is 1.67 bits per heavy atom. The average Bonchev–Trinajstić information content (AvgIpc) is 2.30. The number of rotatable bonds is 3. The smallest absolute Gasteiger partial charge is 0.129 e. The molecule has 0 aliphatic carbocycles. The molecule has 1 atom stereocenters. The number of nitrogens with zero attached hydrogens (tertiary/aromatic N) is 1. The van der Waals surface area contributed by atoms with E-state index in [0.29, 0.717) is 0 Å². The monoisotopic (exact) mass is 259 g/mol. The first-order valence-corrected chi connectivity index (χ1v) is 10.1. The van der Waals surface area contributed by atoms with Gasteiger partial charge in [-0.3, -0.25) is 4.90 Å². The normalized spacial score (nSPS) is 14.8. The third-order valence-electron chi connectivity index (χ3n) is 3.17. The second kappa shape index (κ2) is 5.73. The van der Waals surface area contributed by atoms with Crippen molar-refractivity contribution in [2.45, 2.75) is 38.5 Å². The van der Waals surface area contributed by atoms with E-state index in [9.17, 15) is 0 Å². The summed E-state index contributed by atoms with van der Waals surface area (Å²) in [6.45, 7) is 9.09. The maximum absolute atomic E-state index is 3.58. The molecular formula is C16H25NSi. The zero-order valence-corrected chi connectivity index (χ0v) is 13.5. The fourth-order valence-electron chi connectivity index (χ4n) is 2.06. The molecule has 0 bridgehead atoms. The minimum Gasteiger partial charge on any atom is -0.290 e. The summed E-state index contributed by atoms with van der Waals surface area (Å²) in [6, 6.07) is 10.6. The van der Waals surface area contributed by atoms with Gasteiger partial charge in [0.05, 0.1) is 0 Å². The summed E-state index contributed by atoms with van der Waals surface area (Å²) < 4.78 is 0. The standard InChI is InChI=1S/C16H25NSi/c1-7-16(17(2)3,13-14-18(4,5)6)15-11-9-8-10-12-15/h8-12H,7H2,1-6H3. The molecule has 98 valence electrons. The molecule has 0 fully saturated rings. The van der Waals surface area contributed by atoms with Crippen molar-refractivity contribution in [3.05, 3.63) is 35.9 Å². The van der Waals surface area contributed by atoms with Crippen molar-refractivity contribution in [3.63, 3.8) is 0 Å². The lowest BCUT2D eigenvalue weighted by atomic mass is 9.87. The quantitative estimate of drug-likeness (QED) is 0.590. The van der Waals surface area contributed by atoms with Crippen molar-refractivity contribution >= 4 is 8.07 Å². The second-order valence-corrected chi connectivity index (χ2v) is 10.7. The molecule has 0 aliphatic rings. The SMILES string of the molecule is CCC(C#C[Si](C)(C)C)(c1ccccc1)N(C)C. The Labute approximate surface area is 113 Å². The van der Waals surface area contributed by atoms with Crippen LogP contribution in [-0.2, 0) is 5.54 Å². The molecule has 1 unspecified atom stereocenters. The fraction of sp³-hybridized carbons (Fsp3) is 0.500. The Morgan fingerprint density at radius 3 is 2.06 bits per heavy atom. The van der Waals surface area contributed by atoms with Gasteiger partial charge in [0.1, 0.15) is 13.6 Å². The van der Waals surface area contributed by atoms with Crippen LogP contribution in [-0.4, -0.2) is 27.1 Å². The highest BCUT2D eigenvalue weighted by Crippen LogP contribution is 2.29. The average molecular weight is 259 g/mol. The fourth-order valence-corrected chi connectivity index (χ4v) is 2.64. The lowest BCUT2D eigenvalue weighted by Crippen LogP contribution is -2.40. The predicted octanol–water partition coefficient (Wildman–Crippen LogP) is 3.73. The first kappa shape index (κ1) is 15.0. The van der Waals surface area contributed by atoms with Gasteiger partial charge in [-0.15, -0.1) is 5.54 Å². The minimum absolute atomic E-state index is 0.151. The molecule has 0 radical (unpaired) electrons. The number of benzene rings is 1. The zero-order chi connectivity index (χ0) is 13.8. The summed E-state index contributed by atoms with van der Waals surface area (Å²) in [5.74, 6) is 3.58. The summed E-state index contributed by atoms with van der Waals surface area (Å²) in [4.78, 5) is 2.25. The molecule has 18 heavy (non-hydrogen) atoms. The van der Waals surface area contributed by atoms with E-state index in [0.717, 1.165) is 6.42 Å². The van der Waals surface area contributed by atoms with E-state index in [4.69, 9.17) is 0 Å². The molecule has 0 aromatic heterocycles. The lowest BCUT2D eigenvalue weighted by molar-refractivity contribution is 0.214. The van der Waals surface area contributed by atoms with E-state index >= 15 is 0 Å². The minimum atomic E-state index is -1.35. The van der Waals surface area contributed by atoms with Crippen molar-refractivity contribution in [1.29, 1.82) is 0 Å². The topological polar surface area (TPSA) is 3.24 Å². The highest BCUT2D eigenvalue weighted by Gasteiger charge is 2.30. The third-order valence-corrected chi connectivity index (χ3v) is 4.05. The van der Waals surface area contributed by atoms with Crippen molar-refractivity contribution in [2.75, 3.05) is 14.1 Å². The van der Waals surface area contributed by atoms with Crippen LogP contribution in [0.2, 0.25) is 19.6 Å². The first-order valence-electron chi connectivity index (χ1n) is 6.59. The van der Waals surface area contributed by atoms with Crippen LogP contribution in [0.1, 0.15) is 18.9 Å². The summed E-state index contributed by atoms with van der Waals surface area (Å²) in [5, 5.41) is 0. The van der Waals surface area contributed by atoms with E-state index in [1.54, 1.807) is 0 Å². The molecule has 0 saturated carbocycles.